The van der Waals surface area contributed by atoms with Crippen LogP contribution in [0.25, 0.3) is 0 Å². The number of rotatable bonds is 5. The fourth-order valence-electron chi connectivity index (χ4n) is 0.491. The maximum absolute atomic E-state index is 10.7. The molecule has 0 aliphatic rings. The zero-order chi connectivity index (χ0) is 9.72. The molecule has 0 aromatic heterocycles. The van der Waals surface area contributed by atoms with E-state index in [0.29, 0.717) is 0 Å². The largest absolute Gasteiger partial charge is 0.481 e. The number of hydrogen-bond acceptors (Lipinski definition) is 3. The second-order valence-electron chi connectivity index (χ2n) is 2.10. The molecule has 0 saturated carbocycles. The van der Waals surface area contributed by atoms with Gasteiger partial charge >= 0.3 is 11.9 Å². The van der Waals surface area contributed by atoms with Crippen molar-refractivity contribution >= 4 is 17.7 Å². The molecule has 5 nitrogen and oxygen atoms in total. The van der Waals surface area contributed by atoms with Gasteiger partial charge in [0.25, 0.3) is 0 Å². The van der Waals surface area contributed by atoms with Gasteiger partial charge in [-0.1, -0.05) is 6.58 Å². The minimum atomic E-state index is -1.41. The molecule has 0 aromatic rings. The second kappa shape index (κ2) is 4.27. The van der Waals surface area contributed by atoms with E-state index in [1.54, 1.807) is 0 Å². The van der Waals surface area contributed by atoms with Crippen LogP contribution in [0.15, 0.2) is 12.2 Å². The fraction of sp³-hybridized carbons (Fsp3) is 0.286. The van der Waals surface area contributed by atoms with Crippen molar-refractivity contribution in [3.8, 4) is 0 Å². The summed E-state index contributed by atoms with van der Waals surface area (Å²) in [5, 5.41) is 16.4. The second-order valence-corrected chi connectivity index (χ2v) is 2.10. The molecule has 0 aliphatic heterocycles. The fourth-order valence-corrected chi connectivity index (χ4v) is 0.491. The Bertz CT molecular complexity index is 240. The minimum absolute atomic E-state index is 0.319. The third kappa shape index (κ3) is 3.50. The Kier molecular flexibility index (Phi) is 3.69. The predicted octanol–water partition coefficient (Wildman–Crippen LogP) is 0.0611. The first kappa shape index (κ1) is 10.3. The Balaban J connectivity index is 3.97. The van der Waals surface area contributed by atoms with Crippen molar-refractivity contribution in [3.05, 3.63) is 12.2 Å². The molecule has 66 valence electrons. The standard InChI is InChI=1S/C7H8O5/c1-4(7(11)12)5(8)2-3-6(9)10/h1-3H2,(H,9,10)(H,11,12). The summed E-state index contributed by atoms with van der Waals surface area (Å²) in [4.78, 5) is 30.8. The van der Waals surface area contributed by atoms with Gasteiger partial charge in [0.05, 0.1) is 12.0 Å². The Hall–Kier alpha value is -1.65. The molecule has 2 N–H and O–H groups in total. The van der Waals surface area contributed by atoms with Crippen molar-refractivity contribution in [3.63, 3.8) is 0 Å². The van der Waals surface area contributed by atoms with Crippen molar-refractivity contribution in [1.82, 2.24) is 0 Å². The van der Waals surface area contributed by atoms with Gasteiger partial charge in [-0.2, -0.15) is 0 Å². The molecule has 0 rings (SSSR count). The molecule has 12 heavy (non-hydrogen) atoms. The van der Waals surface area contributed by atoms with E-state index in [2.05, 4.69) is 6.58 Å². The number of aliphatic carboxylic acids is 2. The highest BCUT2D eigenvalue weighted by Crippen LogP contribution is 2.00. The van der Waals surface area contributed by atoms with Crippen molar-refractivity contribution < 1.29 is 24.6 Å². The van der Waals surface area contributed by atoms with Crippen LogP contribution in [-0.4, -0.2) is 27.9 Å². The van der Waals surface area contributed by atoms with E-state index in [0.717, 1.165) is 0 Å². The summed E-state index contributed by atoms with van der Waals surface area (Å²) >= 11 is 0. The van der Waals surface area contributed by atoms with Crippen LogP contribution in [0.2, 0.25) is 0 Å². The summed E-state index contributed by atoms with van der Waals surface area (Å²) in [5.41, 5.74) is -0.573. The molecule has 0 aromatic carbocycles. The first-order chi connectivity index (χ1) is 5.45. The molecular formula is C7H8O5. The van der Waals surface area contributed by atoms with Crippen LogP contribution in [0, 0.1) is 0 Å². The van der Waals surface area contributed by atoms with E-state index in [4.69, 9.17) is 10.2 Å². The zero-order valence-electron chi connectivity index (χ0n) is 6.24. The van der Waals surface area contributed by atoms with Gasteiger partial charge in [-0.3, -0.25) is 9.59 Å². The molecule has 0 saturated heterocycles. The van der Waals surface area contributed by atoms with E-state index < -0.39 is 23.3 Å². The number of carbonyl (C=O) groups excluding carboxylic acids is 1. The number of hydrogen-bond donors (Lipinski definition) is 2. The quantitative estimate of drug-likeness (QED) is 0.347. The van der Waals surface area contributed by atoms with Gasteiger partial charge in [0.15, 0.2) is 5.78 Å². The lowest BCUT2D eigenvalue weighted by Crippen LogP contribution is -2.12. The highest BCUT2D eigenvalue weighted by Gasteiger charge is 2.14. The number of carboxylic acids is 2. The lowest BCUT2D eigenvalue weighted by atomic mass is 10.1. The van der Waals surface area contributed by atoms with Crippen LogP contribution < -0.4 is 0 Å². The molecule has 0 heterocycles. The van der Waals surface area contributed by atoms with E-state index in [-0.39, 0.29) is 12.8 Å². The smallest absolute Gasteiger partial charge is 0.338 e. The summed E-state index contributed by atoms with van der Waals surface area (Å²) in [7, 11) is 0. The average molecular weight is 172 g/mol. The number of ketones is 1. The Labute approximate surface area is 68.3 Å². The van der Waals surface area contributed by atoms with Gasteiger partial charge in [-0.05, 0) is 0 Å². The first-order valence-corrected chi connectivity index (χ1v) is 3.12. The number of carboxylic acid groups (broad SMARTS) is 2. The van der Waals surface area contributed by atoms with Gasteiger partial charge in [-0.25, -0.2) is 4.79 Å². The molecule has 0 unspecified atom stereocenters. The summed E-state index contributed by atoms with van der Waals surface area (Å²) in [5.74, 6) is -3.29. The van der Waals surface area contributed by atoms with Crippen LogP contribution in [0.5, 0.6) is 0 Å². The van der Waals surface area contributed by atoms with E-state index in [9.17, 15) is 14.4 Å². The molecule has 0 radical (unpaired) electrons. The molecule has 0 atom stereocenters. The van der Waals surface area contributed by atoms with Crippen LogP contribution in [0.4, 0.5) is 0 Å². The molecule has 0 amide bonds. The van der Waals surface area contributed by atoms with Crippen molar-refractivity contribution in [2.75, 3.05) is 0 Å². The SMILES string of the molecule is C=C(C(=O)O)C(=O)CCC(=O)O. The lowest BCUT2D eigenvalue weighted by Gasteiger charge is -1.96. The van der Waals surface area contributed by atoms with Crippen molar-refractivity contribution in [2.45, 2.75) is 12.8 Å². The molecule has 0 fully saturated rings. The van der Waals surface area contributed by atoms with Crippen LogP contribution in [-0.2, 0) is 14.4 Å². The topological polar surface area (TPSA) is 91.7 Å². The van der Waals surface area contributed by atoms with Gasteiger partial charge < -0.3 is 10.2 Å². The number of carbonyl (C=O) groups is 3. The summed E-state index contributed by atoms with van der Waals surface area (Å²) < 4.78 is 0. The van der Waals surface area contributed by atoms with Crippen LogP contribution >= 0.6 is 0 Å². The Morgan fingerprint density at radius 2 is 1.58 bits per heavy atom. The molecule has 0 bridgehead atoms. The molecule has 0 aliphatic carbocycles. The zero-order valence-corrected chi connectivity index (χ0v) is 6.24. The highest BCUT2D eigenvalue weighted by molar-refractivity contribution is 6.16. The maximum Gasteiger partial charge on any atom is 0.338 e. The van der Waals surface area contributed by atoms with Crippen molar-refractivity contribution in [2.24, 2.45) is 0 Å². The Morgan fingerprint density at radius 1 is 1.08 bits per heavy atom. The van der Waals surface area contributed by atoms with Crippen molar-refractivity contribution in [1.29, 1.82) is 0 Å². The van der Waals surface area contributed by atoms with Gasteiger partial charge in [0, 0.05) is 6.42 Å². The molecule has 5 heteroatoms. The number of Topliss-reactive ketones (excluding diaryl/α,β-unsaturated/α-hetero) is 1. The average Bonchev–Trinajstić information content (AvgIpc) is 1.98. The van der Waals surface area contributed by atoms with Crippen LogP contribution in [0.1, 0.15) is 12.8 Å². The van der Waals surface area contributed by atoms with E-state index in [1.807, 2.05) is 0 Å². The third-order valence-corrected chi connectivity index (χ3v) is 1.16. The molecular weight excluding hydrogens is 164 g/mol. The monoisotopic (exact) mass is 172 g/mol. The van der Waals surface area contributed by atoms with Gasteiger partial charge in [-0.15, -0.1) is 0 Å². The van der Waals surface area contributed by atoms with Gasteiger partial charge in [0.1, 0.15) is 0 Å². The Morgan fingerprint density at radius 3 is 1.92 bits per heavy atom. The third-order valence-electron chi connectivity index (χ3n) is 1.16. The summed E-state index contributed by atoms with van der Waals surface area (Å²) in [6.45, 7) is 2.99. The van der Waals surface area contributed by atoms with E-state index >= 15 is 0 Å². The predicted molar refractivity (Wildman–Crippen MR) is 38.7 cm³/mol. The normalized spacial score (nSPS) is 9.00. The minimum Gasteiger partial charge on any atom is -0.481 e. The summed E-state index contributed by atoms with van der Waals surface area (Å²) in [6, 6.07) is 0. The summed E-state index contributed by atoms with van der Waals surface area (Å²) in [6.07, 6.45) is -0.689. The molecule has 0 spiro atoms. The lowest BCUT2D eigenvalue weighted by molar-refractivity contribution is -0.139. The first-order valence-electron chi connectivity index (χ1n) is 3.12. The van der Waals surface area contributed by atoms with Gasteiger partial charge in [0.2, 0.25) is 0 Å². The van der Waals surface area contributed by atoms with Crippen LogP contribution in [0.3, 0.4) is 0 Å². The maximum atomic E-state index is 10.7. The van der Waals surface area contributed by atoms with E-state index in [1.165, 1.54) is 0 Å². The highest BCUT2D eigenvalue weighted by atomic mass is 16.4.